The summed E-state index contributed by atoms with van der Waals surface area (Å²) in [5.41, 5.74) is 0.529. The summed E-state index contributed by atoms with van der Waals surface area (Å²) >= 11 is 6.10. The third kappa shape index (κ3) is 3.68. The first-order chi connectivity index (χ1) is 9.60. The molecule has 1 aliphatic heterocycles. The number of hydrogen-bond acceptors (Lipinski definition) is 5. The number of hydrogen-bond donors (Lipinski definition) is 1. The molecule has 0 spiro atoms. The van der Waals surface area contributed by atoms with Crippen LogP contribution in [0, 0.1) is 6.92 Å². The van der Waals surface area contributed by atoms with E-state index in [1.807, 2.05) is 6.92 Å². The van der Waals surface area contributed by atoms with Gasteiger partial charge in [-0.3, -0.25) is 4.79 Å². The molecule has 6 nitrogen and oxygen atoms in total. The van der Waals surface area contributed by atoms with Gasteiger partial charge in [-0.25, -0.2) is 9.97 Å². The van der Waals surface area contributed by atoms with Crippen molar-refractivity contribution in [1.82, 2.24) is 9.97 Å². The number of anilines is 1. The van der Waals surface area contributed by atoms with Crippen LogP contribution in [0.1, 0.15) is 24.7 Å². The second-order valence-corrected chi connectivity index (χ2v) is 4.80. The zero-order valence-electron chi connectivity index (χ0n) is 11.4. The predicted octanol–water partition coefficient (Wildman–Crippen LogP) is 2.17. The Morgan fingerprint density at radius 2 is 2.35 bits per heavy atom. The Morgan fingerprint density at radius 1 is 1.55 bits per heavy atom. The number of carbonyl (C=O) groups excluding carboxylic acids is 1. The topological polar surface area (TPSA) is 73.3 Å². The Morgan fingerprint density at radius 3 is 3.00 bits per heavy atom. The quantitative estimate of drug-likeness (QED) is 0.512. The van der Waals surface area contributed by atoms with Crippen molar-refractivity contribution in [3.63, 3.8) is 0 Å². The molecule has 20 heavy (non-hydrogen) atoms. The molecule has 0 aliphatic carbocycles. The van der Waals surface area contributed by atoms with Gasteiger partial charge in [-0.15, -0.1) is 0 Å². The van der Waals surface area contributed by atoms with E-state index in [0.29, 0.717) is 42.6 Å². The number of carbonyl (C=O) groups is 1. The van der Waals surface area contributed by atoms with Crippen LogP contribution in [-0.2, 0) is 14.3 Å². The highest BCUT2D eigenvalue weighted by Crippen LogP contribution is 2.25. The first-order valence-electron chi connectivity index (χ1n) is 6.27. The maximum absolute atomic E-state index is 10.6. The van der Waals surface area contributed by atoms with Crippen molar-refractivity contribution >= 4 is 29.9 Å². The van der Waals surface area contributed by atoms with Gasteiger partial charge in [-0.05, 0) is 19.9 Å². The molecule has 1 unspecified atom stereocenters. The van der Waals surface area contributed by atoms with Gasteiger partial charge in [0.1, 0.15) is 22.9 Å². The monoisotopic (exact) mass is 297 g/mol. The van der Waals surface area contributed by atoms with Crippen LogP contribution in [0.2, 0.25) is 5.15 Å². The molecule has 1 aromatic heterocycles. The number of rotatable bonds is 5. The highest BCUT2D eigenvalue weighted by Gasteiger charge is 2.17. The predicted molar refractivity (Wildman–Crippen MR) is 75.4 cm³/mol. The van der Waals surface area contributed by atoms with Gasteiger partial charge in [0.05, 0.1) is 24.5 Å². The fourth-order valence-corrected chi connectivity index (χ4v) is 2.21. The fraction of sp³-hybridized carbons (Fsp3) is 0.462. The second kappa shape index (κ2) is 6.67. The van der Waals surface area contributed by atoms with E-state index in [1.54, 1.807) is 13.0 Å². The molecule has 0 aromatic carbocycles. The molecule has 2 heterocycles. The van der Waals surface area contributed by atoms with Crippen molar-refractivity contribution in [2.24, 2.45) is 0 Å². The molecule has 1 saturated heterocycles. The summed E-state index contributed by atoms with van der Waals surface area (Å²) in [6, 6.07) is 0. The number of nitrogens with zero attached hydrogens (tertiary/aromatic N) is 2. The van der Waals surface area contributed by atoms with Crippen LogP contribution in [0.25, 0.3) is 6.08 Å². The van der Waals surface area contributed by atoms with Gasteiger partial charge in [0.2, 0.25) is 6.41 Å². The second-order valence-electron chi connectivity index (χ2n) is 4.44. The Balaban J connectivity index is 2.23. The van der Waals surface area contributed by atoms with Crippen molar-refractivity contribution in [3.8, 4) is 0 Å². The molecular formula is C13H16ClN3O3. The molecule has 1 atom stereocenters. The number of halogens is 1. The number of ether oxygens (including phenoxy) is 2. The Kier molecular flexibility index (Phi) is 4.92. The Labute approximate surface area is 122 Å². The molecule has 1 amide bonds. The Hall–Kier alpha value is -1.66. The number of aromatic nitrogens is 2. The number of nitrogens with one attached hydrogen (secondary N) is 1. The largest absolute Gasteiger partial charge is 0.493 e. The van der Waals surface area contributed by atoms with E-state index in [-0.39, 0.29) is 11.3 Å². The molecule has 0 bridgehead atoms. The standard InChI is InChI=1S/C13H16ClN3O3/c1-8(20-10-3-4-19-6-10)5-11-12(14)16-9(2)17-13(11)15-7-18/h5,7,10H,3-4,6H2,1-2H3,(H,15,16,17,18)/b8-5+. The van der Waals surface area contributed by atoms with Gasteiger partial charge >= 0.3 is 0 Å². The van der Waals surface area contributed by atoms with Crippen molar-refractivity contribution in [2.45, 2.75) is 26.4 Å². The summed E-state index contributed by atoms with van der Waals surface area (Å²) in [4.78, 5) is 18.9. The smallest absolute Gasteiger partial charge is 0.212 e. The van der Waals surface area contributed by atoms with Crippen molar-refractivity contribution in [2.75, 3.05) is 18.5 Å². The van der Waals surface area contributed by atoms with Crippen LogP contribution < -0.4 is 5.32 Å². The first-order valence-corrected chi connectivity index (χ1v) is 6.65. The van der Waals surface area contributed by atoms with Gasteiger partial charge in [0, 0.05) is 6.42 Å². The lowest BCUT2D eigenvalue weighted by atomic mass is 10.2. The van der Waals surface area contributed by atoms with E-state index in [4.69, 9.17) is 21.1 Å². The lowest BCUT2D eigenvalue weighted by molar-refractivity contribution is -0.105. The molecule has 1 fully saturated rings. The minimum absolute atomic E-state index is 0.0545. The molecule has 2 rings (SSSR count). The van der Waals surface area contributed by atoms with Gasteiger partial charge in [0.15, 0.2) is 0 Å². The summed E-state index contributed by atoms with van der Waals surface area (Å²) in [6.07, 6.45) is 3.18. The summed E-state index contributed by atoms with van der Waals surface area (Å²) in [5.74, 6) is 1.52. The van der Waals surface area contributed by atoms with Crippen LogP contribution in [0.4, 0.5) is 5.82 Å². The third-order valence-electron chi connectivity index (χ3n) is 2.79. The molecule has 0 saturated carbocycles. The van der Waals surface area contributed by atoms with E-state index in [2.05, 4.69) is 15.3 Å². The first kappa shape index (κ1) is 14.7. The molecule has 108 valence electrons. The molecule has 1 aromatic rings. The lowest BCUT2D eigenvalue weighted by Gasteiger charge is -2.13. The molecule has 1 aliphatic rings. The van der Waals surface area contributed by atoms with Crippen molar-refractivity contribution in [3.05, 3.63) is 22.3 Å². The van der Waals surface area contributed by atoms with E-state index >= 15 is 0 Å². The van der Waals surface area contributed by atoms with Gasteiger partial charge in [0.25, 0.3) is 0 Å². The van der Waals surface area contributed by atoms with E-state index in [1.165, 1.54) is 0 Å². The normalized spacial score (nSPS) is 18.9. The number of aryl methyl sites for hydroxylation is 1. The lowest BCUT2D eigenvalue weighted by Crippen LogP contribution is -2.11. The van der Waals surface area contributed by atoms with Crippen LogP contribution in [0.5, 0.6) is 0 Å². The van der Waals surface area contributed by atoms with E-state index in [9.17, 15) is 4.79 Å². The van der Waals surface area contributed by atoms with Crippen LogP contribution in [-0.4, -0.2) is 35.7 Å². The Bertz CT molecular complexity index is 528. The zero-order valence-corrected chi connectivity index (χ0v) is 12.1. The van der Waals surface area contributed by atoms with Crippen molar-refractivity contribution < 1.29 is 14.3 Å². The zero-order chi connectivity index (χ0) is 14.5. The minimum atomic E-state index is 0.0545. The summed E-state index contributed by atoms with van der Waals surface area (Å²) in [6.45, 7) is 4.82. The molecule has 7 heteroatoms. The van der Waals surface area contributed by atoms with Gasteiger partial charge < -0.3 is 14.8 Å². The highest BCUT2D eigenvalue weighted by molar-refractivity contribution is 6.31. The number of allylic oxidation sites excluding steroid dienone is 1. The van der Waals surface area contributed by atoms with Gasteiger partial charge in [-0.2, -0.15) is 0 Å². The van der Waals surface area contributed by atoms with E-state index < -0.39 is 0 Å². The summed E-state index contributed by atoms with van der Waals surface area (Å²) < 4.78 is 11.0. The molecular weight excluding hydrogens is 282 g/mol. The average molecular weight is 298 g/mol. The van der Waals surface area contributed by atoms with Crippen LogP contribution in [0.15, 0.2) is 5.76 Å². The fourth-order valence-electron chi connectivity index (χ4n) is 1.95. The minimum Gasteiger partial charge on any atom is -0.493 e. The van der Waals surface area contributed by atoms with Gasteiger partial charge in [-0.1, -0.05) is 11.6 Å². The van der Waals surface area contributed by atoms with E-state index in [0.717, 1.165) is 6.42 Å². The maximum Gasteiger partial charge on any atom is 0.212 e. The summed E-state index contributed by atoms with van der Waals surface area (Å²) in [7, 11) is 0. The third-order valence-corrected chi connectivity index (χ3v) is 3.08. The molecule has 0 radical (unpaired) electrons. The van der Waals surface area contributed by atoms with Crippen LogP contribution >= 0.6 is 11.6 Å². The summed E-state index contributed by atoms with van der Waals surface area (Å²) in [5, 5.41) is 2.79. The van der Waals surface area contributed by atoms with Crippen molar-refractivity contribution in [1.29, 1.82) is 0 Å². The van der Waals surface area contributed by atoms with Crippen LogP contribution in [0.3, 0.4) is 0 Å². The number of amides is 1. The maximum atomic E-state index is 10.6. The average Bonchev–Trinajstić information content (AvgIpc) is 2.86. The SMILES string of the molecule is C/C(=C\c1c(Cl)nc(C)nc1NC=O)OC1CCOC1. The molecule has 1 N–H and O–H groups in total. The highest BCUT2D eigenvalue weighted by atomic mass is 35.5.